The van der Waals surface area contributed by atoms with Crippen LogP contribution < -0.4 is 15.5 Å². The molecular weight excluding hydrogens is 447 g/mol. The van der Waals surface area contributed by atoms with Crippen LogP contribution in [-0.4, -0.2) is 30.2 Å². The Balaban J connectivity index is 1.84. The van der Waals surface area contributed by atoms with Gasteiger partial charge in [-0.2, -0.15) is 13.2 Å². The van der Waals surface area contributed by atoms with E-state index in [1.807, 2.05) is 12.1 Å². The lowest BCUT2D eigenvalue weighted by molar-refractivity contribution is -0.138. The molecule has 1 aliphatic heterocycles. The van der Waals surface area contributed by atoms with E-state index in [0.29, 0.717) is 17.5 Å². The van der Waals surface area contributed by atoms with Crippen molar-refractivity contribution in [2.75, 3.05) is 28.6 Å². The van der Waals surface area contributed by atoms with Crippen molar-refractivity contribution in [3.05, 3.63) is 53.6 Å². The van der Waals surface area contributed by atoms with E-state index in [1.165, 1.54) is 12.1 Å². The molecule has 34 heavy (non-hydrogen) atoms. The van der Waals surface area contributed by atoms with E-state index in [1.54, 1.807) is 13.0 Å². The first-order valence-electron chi connectivity index (χ1n) is 11.3. The van der Waals surface area contributed by atoms with E-state index < -0.39 is 23.7 Å². The van der Waals surface area contributed by atoms with Crippen LogP contribution in [0.2, 0.25) is 0 Å². The zero-order valence-corrected chi connectivity index (χ0v) is 19.4. The third-order valence-corrected chi connectivity index (χ3v) is 6.00. The van der Waals surface area contributed by atoms with Crippen LogP contribution in [0.3, 0.4) is 0 Å². The second-order valence-electron chi connectivity index (χ2n) is 9.28. The van der Waals surface area contributed by atoms with Gasteiger partial charge in [-0.3, -0.25) is 4.79 Å². The van der Waals surface area contributed by atoms with Crippen molar-refractivity contribution in [1.29, 1.82) is 0 Å². The molecule has 0 saturated carbocycles. The second kappa shape index (κ2) is 10.4. The lowest BCUT2D eigenvalue weighted by atomic mass is 9.91. The molecule has 1 saturated heterocycles. The molecule has 0 spiro atoms. The number of aliphatic carboxylic acids is 1. The fourth-order valence-electron chi connectivity index (χ4n) is 4.50. The SMILES string of the molecule is CC1CC(C)CN(c2ccc(C(C)CC(=O)O)cc2NC(=O)Nc2ccc(C(F)(F)F)cc2)C1. The number of rotatable bonds is 6. The number of carbonyl (C=O) groups excluding carboxylic acids is 1. The topological polar surface area (TPSA) is 81.7 Å². The molecule has 0 bridgehead atoms. The number of hydrogen-bond donors (Lipinski definition) is 3. The predicted molar refractivity (Wildman–Crippen MR) is 126 cm³/mol. The third kappa shape index (κ3) is 6.65. The summed E-state index contributed by atoms with van der Waals surface area (Å²) in [6.45, 7) is 7.81. The standard InChI is InChI=1S/C25H30F3N3O3/c1-15-10-16(2)14-31(13-15)22-9-4-18(17(3)11-23(32)33)12-21(22)30-24(34)29-20-7-5-19(6-8-20)25(26,27)28/h4-9,12,15-17H,10-11,13-14H2,1-3H3,(H,32,33)(H2,29,30,34). The molecule has 0 radical (unpaired) electrons. The van der Waals surface area contributed by atoms with Gasteiger partial charge in [-0.1, -0.05) is 26.8 Å². The van der Waals surface area contributed by atoms with Crippen LogP contribution in [0.5, 0.6) is 0 Å². The number of piperidine rings is 1. The quantitative estimate of drug-likeness (QED) is 0.449. The summed E-state index contributed by atoms with van der Waals surface area (Å²) in [5, 5.41) is 14.5. The van der Waals surface area contributed by atoms with Crippen LogP contribution >= 0.6 is 0 Å². The number of halogens is 3. The zero-order valence-electron chi connectivity index (χ0n) is 19.4. The highest BCUT2D eigenvalue weighted by Gasteiger charge is 2.30. The van der Waals surface area contributed by atoms with Crippen molar-refractivity contribution in [2.24, 2.45) is 11.8 Å². The van der Waals surface area contributed by atoms with E-state index in [4.69, 9.17) is 5.11 Å². The number of carboxylic acid groups (broad SMARTS) is 1. The average Bonchev–Trinajstić information content (AvgIpc) is 2.72. The van der Waals surface area contributed by atoms with E-state index >= 15 is 0 Å². The third-order valence-electron chi connectivity index (χ3n) is 6.00. The number of carbonyl (C=O) groups is 2. The van der Waals surface area contributed by atoms with Gasteiger partial charge in [0.1, 0.15) is 0 Å². The first-order valence-corrected chi connectivity index (χ1v) is 11.3. The molecule has 3 atom stereocenters. The number of amides is 2. The molecule has 2 aromatic carbocycles. The molecule has 3 rings (SSSR count). The molecule has 0 aliphatic carbocycles. The van der Waals surface area contributed by atoms with Crippen molar-refractivity contribution in [1.82, 2.24) is 0 Å². The number of hydrogen-bond acceptors (Lipinski definition) is 3. The maximum Gasteiger partial charge on any atom is 0.416 e. The molecule has 6 nitrogen and oxygen atoms in total. The van der Waals surface area contributed by atoms with Gasteiger partial charge in [0.15, 0.2) is 0 Å². The Labute approximate surface area is 197 Å². The number of alkyl halides is 3. The first-order chi connectivity index (χ1) is 15.9. The maximum absolute atomic E-state index is 12.8. The van der Waals surface area contributed by atoms with E-state index in [-0.39, 0.29) is 18.0 Å². The van der Waals surface area contributed by atoms with Crippen LogP contribution in [0, 0.1) is 11.8 Å². The van der Waals surface area contributed by atoms with Gasteiger partial charge in [0.25, 0.3) is 0 Å². The van der Waals surface area contributed by atoms with Crippen molar-refractivity contribution >= 4 is 29.1 Å². The van der Waals surface area contributed by atoms with Gasteiger partial charge in [0.2, 0.25) is 0 Å². The molecule has 9 heteroatoms. The molecule has 1 heterocycles. The second-order valence-corrected chi connectivity index (χ2v) is 9.28. The van der Waals surface area contributed by atoms with E-state index in [0.717, 1.165) is 42.9 Å². The Morgan fingerprint density at radius 3 is 2.24 bits per heavy atom. The Bertz CT molecular complexity index is 1010. The van der Waals surface area contributed by atoms with Gasteiger partial charge in [-0.15, -0.1) is 0 Å². The fraction of sp³-hybridized carbons (Fsp3) is 0.440. The van der Waals surface area contributed by atoms with Gasteiger partial charge >= 0.3 is 18.2 Å². The Morgan fingerprint density at radius 2 is 1.68 bits per heavy atom. The number of carboxylic acids is 1. The highest BCUT2D eigenvalue weighted by Crippen LogP contribution is 2.35. The monoisotopic (exact) mass is 477 g/mol. The van der Waals surface area contributed by atoms with Gasteiger partial charge in [-0.05, 0) is 66.1 Å². The van der Waals surface area contributed by atoms with Gasteiger partial charge < -0.3 is 20.6 Å². The summed E-state index contributed by atoms with van der Waals surface area (Å²) in [6, 6.07) is 9.17. The smallest absolute Gasteiger partial charge is 0.416 e. The molecule has 2 amide bonds. The molecule has 3 unspecified atom stereocenters. The summed E-state index contributed by atoms with van der Waals surface area (Å²) in [4.78, 5) is 26.1. The predicted octanol–water partition coefficient (Wildman–Crippen LogP) is 6.41. The summed E-state index contributed by atoms with van der Waals surface area (Å²) in [6.07, 6.45) is -3.39. The normalized spacial score (nSPS) is 19.4. The van der Waals surface area contributed by atoms with Crippen molar-refractivity contribution < 1.29 is 27.9 Å². The molecular formula is C25H30F3N3O3. The highest BCUT2D eigenvalue weighted by atomic mass is 19.4. The highest BCUT2D eigenvalue weighted by molar-refractivity contribution is 6.02. The Hall–Kier alpha value is -3.23. The van der Waals surface area contributed by atoms with Gasteiger partial charge in [0, 0.05) is 18.8 Å². The number of nitrogens with one attached hydrogen (secondary N) is 2. The van der Waals surface area contributed by atoms with E-state index in [2.05, 4.69) is 29.4 Å². The number of benzene rings is 2. The molecule has 1 aliphatic rings. The minimum Gasteiger partial charge on any atom is -0.481 e. The van der Waals surface area contributed by atoms with Crippen LogP contribution in [0.25, 0.3) is 0 Å². The lowest BCUT2D eigenvalue weighted by Gasteiger charge is -2.37. The van der Waals surface area contributed by atoms with Crippen LogP contribution in [0.4, 0.5) is 35.0 Å². The molecule has 184 valence electrons. The summed E-state index contributed by atoms with van der Waals surface area (Å²) >= 11 is 0. The number of nitrogens with zero attached hydrogens (tertiary/aromatic N) is 1. The largest absolute Gasteiger partial charge is 0.481 e. The molecule has 2 aromatic rings. The summed E-state index contributed by atoms with van der Waals surface area (Å²) in [7, 11) is 0. The van der Waals surface area contributed by atoms with Crippen LogP contribution in [0.1, 0.15) is 50.7 Å². The van der Waals surface area contributed by atoms with Crippen LogP contribution in [0.15, 0.2) is 42.5 Å². The minimum atomic E-state index is -4.45. The fourth-order valence-corrected chi connectivity index (χ4v) is 4.50. The van der Waals surface area contributed by atoms with Crippen molar-refractivity contribution in [2.45, 2.75) is 45.7 Å². The van der Waals surface area contributed by atoms with Crippen molar-refractivity contribution in [3.8, 4) is 0 Å². The van der Waals surface area contributed by atoms with Gasteiger partial charge in [-0.25, -0.2) is 4.79 Å². The maximum atomic E-state index is 12.8. The molecule has 3 N–H and O–H groups in total. The summed E-state index contributed by atoms with van der Waals surface area (Å²) in [5.41, 5.74) is 1.55. The number of anilines is 3. The Morgan fingerprint density at radius 1 is 1.06 bits per heavy atom. The van der Waals surface area contributed by atoms with Crippen LogP contribution in [-0.2, 0) is 11.0 Å². The van der Waals surface area contributed by atoms with Gasteiger partial charge in [0.05, 0.1) is 23.4 Å². The summed E-state index contributed by atoms with van der Waals surface area (Å²) < 4.78 is 38.4. The molecule has 0 aromatic heterocycles. The zero-order chi connectivity index (χ0) is 25.0. The van der Waals surface area contributed by atoms with E-state index in [9.17, 15) is 22.8 Å². The lowest BCUT2D eigenvalue weighted by Crippen LogP contribution is -2.39. The number of urea groups is 1. The Kier molecular flexibility index (Phi) is 7.74. The molecule has 1 fully saturated rings. The van der Waals surface area contributed by atoms with Crippen molar-refractivity contribution in [3.63, 3.8) is 0 Å². The average molecular weight is 478 g/mol. The first kappa shape index (κ1) is 25.4. The summed E-state index contributed by atoms with van der Waals surface area (Å²) in [5.74, 6) is -0.222. The minimum absolute atomic E-state index is 0.0473.